The van der Waals surface area contributed by atoms with E-state index in [2.05, 4.69) is 38.1 Å². The van der Waals surface area contributed by atoms with Crippen molar-refractivity contribution in [3.8, 4) is 11.3 Å². The number of nitrogens with zero attached hydrogens (tertiary/aromatic N) is 6. The van der Waals surface area contributed by atoms with E-state index in [-0.39, 0.29) is 5.91 Å². The normalized spacial score (nSPS) is 16.5. The van der Waals surface area contributed by atoms with E-state index in [9.17, 15) is 4.79 Å². The van der Waals surface area contributed by atoms with Gasteiger partial charge in [0.1, 0.15) is 11.5 Å². The molecule has 2 N–H and O–H groups in total. The van der Waals surface area contributed by atoms with Gasteiger partial charge in [-0.25, -0.2) is 9.97 Å². The van der Waals surface area contributed by atoms with E-state index >= 15 is 0 Å². The van der Waals surface area contributed by atoms with Crippen LogP contribution in [-0.2, 0) is 37.7 Å². The average molecular weight is 539 g/mol. The maximum absolute atomic E-state index is 13.1. The summed E-state index contributed by atoms with van der Waals surface area (Å²) in [6.45, 7) is 4.28. The highest BCUT2D eigenvalue weighted by Gasteiger charge is 2.30. The van der Waals surface area contributed by atoms with E-state index in [0.29, 0.717) is 30.2 Å². The second-order valence-electron chi connectivity index (χ2n) is 11.1. The fourth-order valence-corrected chi connectivity index (χ4v) is 6.47. The predicted molar refractivity (Wildman–Crippen MR) is 155 cm³/mol. The number of anilines is 3. The van der Waals surface area contributed by atoms with Crippen molar-refractivity contribution in [3.05, 3.63) is 58.7 Å². The van der Waals surface area contributed by atoms with Crippen LogP contribution in [0, 0.1) is 0 Å². The highest BCUT2D eigenvalue weighted by atomic mass is 16.5. The Kier molecular flexibility index (Phi) is 6.16. The number of carbonyl (C=O) groups excluding carboxylic acids is 1. The number of morpholine rings is 1. The Bertz CT molecular complexity index is 1640. The molecule has 10 heteroatoms. The molecule has 0 aromatic carbocycles. The van der Waals surface area contributed by atoms with Crippen LogP contribution < -0.4 is 15.5 Å². The van der Waals surface area contributed by atoms with Gasteiger partial charge in [-0.05, 0) is 57.1 Å². The molecule has 206 valence electrons. The number of aromatic nitrogens is 4. The Morgan fingerprint density at radius 2 is 1.95 bits per heavy atom. The zero-order valence-electron chi connectivity index (χ0n) is 23.3. The molecule has 0 radical (unpaired) electrons. The lowest BCUT2D eigenvalue weighted by atomic mass is 9.98. The van der Waals surface area contributed by atoms with Gasteiger partial charge in [0.25, 0.3) is 5.91 Å². The minimum absolute atomic E-state index is 0.0943. The third kappa shape index (κ3) is 4.10. The van der Waals surface area contributed by atoms with Crippen LogP contribution in [0.3, 0.4) is 0 Å². The van der Waals surface area contributed by atoms with Gasteiger partial charge in [-0.1, -0.05) is 0 Å². The summed E-state index contributed by atoms with van der Waals surface area (Å²) in [5.41, 5.74) is 9.92. The number of pyridine rings is 3. The summed E-state index contributed by atoms with van der Waals surface area (Å²) in [6.07, 6.45) is 6.90. The van der Waals surface area contributed by atoms with Crippen molar-refractivity contribution in [3.63, 3.8) is 0 Å². The Morgan fingerprint density at radius 3 is 2.77 bits per heavy atom. The largest absolute Gasteiger partial charge is 0.378 e. The van der Waals surface area contributed by atoms with E-state index in [1.165, 1.54) is 16.6 Å². The smallest absolute Gasteiger partial charge is 0.254 e. The fourth-order valence-electron chi connectivity index (χ4n) is 6.47. The van der Waals surface area contributed by atoms with Crippen LogP contribution in [0.25, 0.3) is 22.3 Å². The SMILES string of the molecule is CN(C)Cc1nc(Nc2cnc(-c3ccnc4c3c3c(n4C)CCC3)c3c2C(=O)NC3)ccc1N1CCOCC1. The van der Waals surface area contributed by atoms with Gasteiger partial charge in [-0.15, -0.1) is 0 Å². The number of aryl methyl sites for hydroxylation is 2. The Balaban J connectivity index is 1.28. The highest BCUT2D eigenvalue weighted by molar-refractivity contribution is 6.07. The Hall–Kier alpha value is -4.02. The second kappa shape index (κ2) is 9.87. The van der Waals surface area contributed by atoms with Crippen LogP contribution >= 0.6 is 0 Å². The van der Waals surface area contributed by atoms with E-state index < -0.39 is 0 Å². The monoisotopic (exact) mass is 538 g/mol. The molecular weight excluding hydrogens is 504 g/mol. The predicted octanol–water partition coefficient (Wildman–Crippen LogP) is 3.40. The minimum atomic E-state index is -0.0943. The third-order valence-electron chi connectivity index (χ3n) is 8.26. The van der Waals surface area contributed by atoms with Gasteiger partial charge >= 0.3 is 0 Å². The number of carbonyl (C=O) groups is 1. The summed E-state index contributed by atoms with van der Waals surface area (Å²) in [5.74, 6) is 0.598. The van der Waals surface area contributed by atoms with Crippen LogP contribution in [0.15, 0.2) is 30.6 Å². The van der Waals surface area contributed by atoms with Crippen molar-refractivity contribution >= 4 is 34.1 Å². The molecule has 1 amide bonds. The van der Waals surface area contributed by atoms with Crippen LogP contribution in [-0.4, -0.2) is 70.7 Å². The number of ether oxygens (including phenoxy) is 1. The lowest BCUT2D eigenvalue weighted by Gasteiger charge is -2.31. The van der Waals surface area contributed by atoms with E-state index in [4.69, 9.17) is 19.7 Å². The van der Waals surface area contributed by atoms with E-state index in [0.717, 1.165) is 79.4 Å². The van der Waals surface area contributed by atoms with Crippen LogP contribution in [0.5, 0.6) is 0 Å². The van der Waals surface area contributed by atoms with Gasteiger partial charge in [0.2, 0.25) is 0 Å². The molecule has 1 saturated heterocycles. The highest BCUT2D eigenvalue weighted by Crippen LogP contribution is 2.40. The van der Waals surface area contributed by atoms with Gasteiger partial charge in [0, 0.05) is 61.6 Å². The van der Waals surface area contributed by atoms with Crippen molar-refractivity contribution in [2.24, 2.45) is 7.05 Å². The summed E-state index contributed by atoms with van der Waals surface area (Å²) in [7, 11) is 6.19. The van der Waals surface area contributed by atoms with Crippen LogP contribution in [0.1, 0.15) is 39.3 Å². The number of rotatable bonds is 6. The fraction of sp³-hybridized carbons (Fsp3) is 0.400. The topological polar surface area (TPSA) is 100 Å². The van der Waals surface area contributed by atoms with Gasteiger partial charge in [-0.2, -0.15) is 0 Å². The summed E-state index contributed by atoms with van der Waals surface area (Å²) < 4.78 is 7.77. The Labute approximate surface area is 233 Å². The lowest BCUT2D eigenvalue weighted by molar-refractivity contribution is 0.0966. The quantitative estimate of drug-likeness (QED) is 0.385. The molecular formula is C30H34N8O2. The molecule has 1 aliphatic carbocycles. The van der Waals surface area contributed by atoms with Crippen molar-refractivity contribution in [2.75, 3.05) is 50.6 Å². The molecule has 10 nitrogen and oxygen atoms in total. The molecule has 3 aliphatic rings. The number of nitrogens with one attached hydrogen (secondary N) is 2. The molecule has 0 saturated carbocycles. The molecule has 4 aromatic rings. The zero-order valence-corrected chi connectivity index (χ0v) is 23.3. The molecule has 1 fully saturated rings. The lowest BCUT2D eigenvalue weighted by Crippen LogP contribution is -2.37. The molecule has 0 spiro atoms. The van der Waals surface area contributed by atoms with E-state index in [1.54, 1.807) is 6.20 Å². The molecule has 6 heterocycles. The van der Waals surface area contributed by atoms with E-state index in [1.807, 2.05) is 32.4 Å². The van der Waals surface area contributed by atoms with Crippen LogP contribution in [0.4, 0.5) is 17.2 Å². The number of fused-ring (bicyclic) bond motifs is 4. The van der Waals surface area contributed by atoms with Crippen molar-refractivity contribution < 1.29 is 9.53 Å². The molecule has 4 aromatic heterocycles. The van der Waals surface area contributed by atoms with Gasteiger partial charge in [-0.3, -0.25) is 9.78 Å². The van der Waals surface area contributed by atoms with Crippen molar-refractivity contribution in [1.82, 2.24) is 29.7 Å². The summed E-state index contributed by atoms with van der Waals surface area (Å²) in [4.78, 5) is 32.2. The Morgan fingerprint density at radius 1 is 1.10 bits per heavy atom. The van der Waals surface area contributed by atoms with Crippen LogP contribution in [0.2, 0.25) is 0 Å². The average Bonchev–Trinajstić information content (AvgIpc) is 3.66. The summed E-state index contributed by atoms with van der Waals surface area (Å²) in [6, 6.07) is 6.14. The molecule has 0 atom stereocenters. The third-order valence-corrected chi connectivity index (χ3v) is 8.26. The first-order chi connectivity index (χ1) is 19.5. The first kappa shape index (κ1) is 25.0. The minimum Gasteiger partial charge on any atom is -0.378 e. The maximum Gasteiger partial charge on any atom is 0.254 e. The van der Waals surface area contributed by atoms with Crippen molar-refractivity contribution in [2.45, 2.75) is 32.4 Å². The summed E-state index contributed by atoms with van der Waals surface area (Å²) >= 11 is 0. The molecule has 0 bridgehead atoms. The van der Waals surface area contributed by atoms with Gasteiger partial charge in [0.05, 0.1) is 47.7 Å². The second-order valence-corrected chi connectivity index (χ2v) is 11.1. The number of hydrogen-bond donors (Lipinski definition) is 2. The molecule has 0 unspecified atom stereocenters. The standard InChI is InChI=1S/C30H34N8O2/c1-36(2)17-22-24(38-11-13-40-14-12-38)7-8-25(35-22)34-21-16-32-28(20-15-33-30(39)27(20)21)19-9-10-31-29-26(19)18-5-4-6-23(18)37(29)3/h7-10,16H,4-6,11-15,17H2,1-3H3,(H,33,39)(H,34,35). The molecule has 2 aliphatic heterocycles. The molecule has 40 heavy (non-hydrogen) atoms. The first-order valence-electron chi connectivity index (χ1n) is 14.0. The zero-order chi connectivity index (χ0) is 27.4. The number of amides is 1. The number of hydrogen-bond acceptors (Lipinski definition) is 8. The summed E-state index contributed by atoms with van der Waals surface area (Å²) in [5, 5.41) is 7.63. The van der Waals surface area contributed by atoms with Gasteiger partial charge in [0.15, 0.2) is 0 Å². The molecule has 7 rings (SSSR count). The first-order valence-corrected chi connectivity index (χ1v) is 14.0. The van der Waals surface area contributed by atoms with Crippen molar-refractivity contribution in [1.29, 1.82) is 0 Å². The maximum atomic E-state index is 13.1. The van der Waals surface area contributed by atoms with Gasteiger partial charge < -0.3 is 29.7 Å².